The van der Waals surface area contributed by atoms with Crippen molar-refractivity contribution in [2.75, 3.05) is 12.4 Å². The van der Waals surface area contributed by atoms with Crippen molar-refractivity contribution in [1.82, 2.24) is 4.90 Å². The Labute approximate surface area is 103 Å². The third kappa shape index (κ3) is 2.58. The van der Waals surface area contributed by atoms with E-state index in [1.807, 2.05) is 0 Å². The molecule has 1 heterocycles. The first-order valence-electron chi connectivity index (χ1n) is 6.07. The molecule has 1 fully saturated rings. The minimum Gasteiger partial charge on any atom is -0.295 e. The van der Waals surface area contributed by atoms with Gasteiger partial charge in [0.25, 0.3) is 0 Å². The van der Waals surface area contributed by atoms with E-state index in [2.05, 4.69) is 36.9 Å². The van der Waals surface area contributed by atoms with Crippen LogP contribution in [-0.2, 0) is 6.54 Å². The molecule has 0 saturated carbocycles. The van der Waals surface area contributed by atoms with E-state index in [1.165, 1.54) is 36.1 Å². The molecule has 2 rings (SSSR count). The molecule has 0 amide bonds. The number of benzene rings is 1. The maximum atomic E-state index is 5.98. The van der Waals surface area contributed by atoms with E-state index < -0.39 is 0 Å². The Morgan fingerprint density at radius 3 is 2.81 bits per heavy atom. The van der Waals surface area contributed by atoms with E-state index in [9.17, 15) is 0 Å². The highest BCUT2D eigenvalue weighted by atomic mass is 35.5. The molecule has 1 aliphatic rings. The first-order chi connectivity index (χ1) is 7.70. The van der Waals surface area contributed by atoms with E-state index in [-0.39, 0.29) is 0 Å². The molecule has 0 spiro atoms. The zero-order chi connectivity index (χ0) is 11.5. The lowest BCUT2D eigenvalue weighted by molar-refractivity contribution is 0.263. The van der Waals surface area contributed by atoms with Crippen molar-refractivity contribution >= 4 is 11.6 Å². The fraction of sp³-hybridized carbons (Fsp3) is 0.571. The first-order valence-corrected chi connectivity index (χ1v) is 6.60. The maximum Gasteiger partial charge on any atom is 0.0379 e. The zero-order valence-electron chi connectivity index (χ0n) is 10.2. The minimum atomic E-state index is 0.586. The van der Waals surface area contributed by atoms with Crippen molar-refractivity contribution in [2.24, 2.45) is 0 Å². The number of halogens is 1. The molecule has 16 heavy (non-hydrogen) atoms. The van der Waals surface area contributed by atoms with Crippen LogP contribution in [0.2, 0.25) is 0 Å². The predicted octanol–water partition coefficient (Wildman–Crippen LogP) is 3.51. The van der Waals surface area contributed by atoms with Gasteiger partial charge in [0.05, 0.1) is 0 Å². The average Bonchev–Trinajstić information content (AvgIpc) is 2.71. The fourth-order valence-electron chi connectivity index (χ4n) is 2.41. The summed E-state index contributed by atoms with van der Waals surface area (Å²) in [6.45, 7) is 6.60. The average molecular weight is 238 g/mol. The summed E-state index contributed by atoms with van der Waals surface area (Å²) in [4.78, 5) is 2.51. The van der Waals surface area contributed by atoms with Gasteiger partial charge in [-0.1, -0.05) is 18.2 Å². The quantitative estimate of drug-likeness (QED) is 0.728. The van der Waals surface area contributed by atoms with Crippen LogP contribution in [0.4, 0.5) is 0 Å². The number of aryl methyl sites for hydroxylation is 2. The monoisotopic (exact) mass is 237 g/mol. The van der Waals surface area contributed by atoms with Crippen molar-refractivity contribution in [2.45, 2.75) is 39.3 Å². The lowest BCUT2D eigenvalue weighted by Crippen LogP contribution is -2.30. The SMILES string of the molecule is Cc1ccc(CN2CCCC2CCl)cc1C. The Bertz CT molecular complexity index is 362. The Hall–Kier alpha value is -0.530. The summed E-state index contributed by atoms with van der Waals surface area (Å²) in [5.41, 5.74) is 4.18. The fourth-order valence-corrected chi connectivity index (χ4v) is 2.76. The van der Waals surface area contributed by atoms with Gasteiger partial charge in [0.2, 0.25) is 0 Å². The molecular formula is C14H20ClN. The summed E-state index contributed by atoms with van der Waals surface area (Å²) in [5.74, 6) is 0.769. The number of rotatable bonds is 3. The zero-order valence-corrected chi connectivity index (χ0v) is 10.9. The predicted molar refractivity (Wildman–Crippen MR) is 70.1 cm³/mol. The molecule has 1 saturated heterocycles. The molecule has 0 aliphatic carbocycles. The highest BCUT2D eigenvalue weighted by molar-refractivity contribution is 6.18. The van der Waals surface area contributed by atoms with Gasteiger partial charge in [-0.3, -0.25) is 4.90 Å². The number of nitrogens with zero attached hydrogens (tertiary/aromatic N) is 1. The molecule has 0 N–H and O–H groups in total. The smallest absolute Gasteiger partial charge is 0.0379 e. The van der Waals surface area contributed by atoms with Crippen LogP contribution < -0.4 is 0 Å². The van der Waals surface area contributed by atoms with Crippen molar-refractivity contribution < 1.29 is 0 Å². The molecule has 1 atom stereocenters. The standard InChI is InChI=1S/C14H20ClN/c1-11-5-6-13(8-12(11)2)10-16-7-3-4-14(16)9-15/h5-6,8,14H,3-4,7,9-10H2,1-2H3. The van der Waals surface area contributed by atoms with Crippen LogP contribution in [0.15, 0.2) is 18.2 Å². The van der Waals surface area contributed by atoms with Crippen molar-refractivity contribution in [3.63, 3.8) is 0 Å². The van der Waals surface area contributed by atoms with Crippen LogP contribution >= 0.6 is 11.6 Å². The van der Waals surface area contributed by atoms with Gasteiger partial charge in [0, 0.05) is 18.5 Å². The lowest BCUT2D eigenvalue weighted by atomic mass is 10.1. The lowest BCUT2D eigenvalue weighted by Gasteiger charge is -2.22. The largest absolute Gasteiger partial charge is 0.295 e. The molecule has 88 valence electrons. The highest BCUT2D eigenvalue weighted by Gasteiger charge is 2.23. The normalized spacial score (nSPS) is 21.6. The summed E-state index contributed by atoms with van der Waals surface area (Å²) >= 11 is 5.98. The van der Waals surface area contributed by atoms with Gasteiger partial charge in [0.1, 0.15) is 0 Å². The minimum absolute atomic E-state index is 0.586. The van der Waals surface area contributed by atoms with Crippen LogP contribution in [0.3, 0.4) is 0 Å². The molecule has 1 aromatic carbocycles. The van der Waals surface area contributed by atoms with Gasteiger partial charge < -0.3 is 0 Å². The molecule has 0 aromatic heterocycles. The van der Waals surface area contributed by atoms with E-state index in [0.717, 1.165) is 12.4 Å². The van der Waals surface area contributed by atoms with Crippen LogP contribution in [0.5, 0.6) is 0 Å². The van der Waals surface area contributed by atoms with Crippen molar-refractivity contribution in [1.29, 1.82) is 0 Å². The summed E-state index contributed by atoms with van der Waals surface area (Å²) in [6.07, 6.45) is 2.55. The molecule has 1 aromatic rings. The van der Waals surface area contributed by atoms with Crippen LogP contribution in [0.1, 0.15) is 29.5 Å². The number of likely N-dealkylation sites (tertiary alicyclic amines) is 1. The second-order valence-corrected chi connectivity index (χ2v) is 5.15. The van der Waals surface area contributed by atoms with Gasteiger partial charge in [-0.25, -0.2) is 0 Å². The van der Waals surface area contributed by atoms with Gasteiger partial charge in [-0.15, -0.1) is 11.6 Å². The summed E-state index contributed by atoms with van der Waals surface area (Å²) in [6, 6.07) is 7.35. The van der Waals surface area contributed by atoms with Crippen LogP contribution in [0.25, 0.3) is 0 Å². The molecule has 0 radical (unpaired) electrons. The maximum absolute atomic E-state index is 5.98. The van der Waals surface area contributed by atoms with Gasteiger partial charge in [0.15, 0.2) is 0 Å². The van der Waals surface area contributed by atoms with Gasteiger partial charge in [-0.2, -0.15) is 0 Å². The third-order valence-electron chi connectivity index (χ3n) is 3.63. The highest BCUT2D eigenvalue weighted by Crippen LogP contribution is 2.21. The second kappa shape index (κ2) is 5.20. The van der Waals surface area contributed by atoms with Gasteiger partial charge >= 0.3 is 0 Å². The third-order valence-corrected chi connectivity index (χ3v) is 3.99. The Morgan fingerprint density at radius 2 is 2.12 bits per heavy atom. The Morgan fingerprint density at radius 1 is 1.31 bits per heavy atom. The van der Waals surface area contributed by atoms with Crippen molar-refractivity contribution in [3.8, 4) is 0 Å². The summed E-state index contributed by atoms with van der Waals surface area (Å²) < 4.78 is 0. The van der Waals surface area contributed by atoms with E-state index >= 15 is 0 Å². The Kier molecular flexibility index (Phi) is 3.88. The number of alkyl halides is 1. The topological polar surface area (TPSA) is 3.24 Å². The molecule has 1 unspecified atom stereocenters. The number of hydrogen-bond acceptors (Lipinski definition) is 1. The van der Waals surface area contributed by atoms with Gasteiger partial charge in [-0.05, 0) is 49.9 Å². The summed E-state index contributed by atoms with van der Waals surface area (Å²) in [7, 11) is 0. The molecular weight excluding hydrogens is 218 g/mol. The van der Waals surface area contributed by atoms with E-state index in [0.29, 0.717) is 6.04 Å². The van der Waals surface area contributed by atoms with E-state index in [1.54, 1.807) is 0 Å². The van der Waals surface area contributed by atoms with Crippen LogP contribution in [-0.4, -0.2) is 23.4 Å². The van der Waals surface area contributed by atoms with E-state index in [4.69, 9.17) is 11.6 Å². The first kappa shape index (κ1) is 11.9. The van der Waals surface area contributed by atoms with Crippen molar-refractivity contribution in [3.05, 3.63) is 34.9 Å². The molecule has 1 aliphatic heterocycles. The molecule has 2 heteroatoms. The molecule has 1 nitrogen and oxygen atoms in total. The molecule has 0 bridgehead atoms. The number of hydrogen-bond donors (Lipinski definition) is 0. The summed E-state index contributed by atoms with van der Waals surface area (Å²) in [5, 5.41) is 0. The van der Waals surface area contributed by atoms with Crippen LogP contribution in [0, 0.1) is 13.8 Å². The second-order valence-electron chi connectivity index (χ2n) is 4.84. The Balaban J connectivity index is 2.05.